The van der Waals surface area contributed by atoms with Crippen LogP contribution in [-0.2, 0) is 10.8 Å². The molecule has 1 atom stereocenters. The van der Waals surface area contributed by atoms with E-state index < -0.39 is 10.8 Å². The molecular formula is C9H10N2OS. The maximum atomic E-state index is 11.7. The van der Waals surface area contributed by atoms with Crippen molar-refractivity contribution in [2.75, 3.05) is 6.54 Å². The third-order valence-electron chi connectivity index (χ3n) is 1.88. The van der Waals surface area contributed by atoms with Gasteiger partial charge in [0.2, 0.25) is 0 Å². The predicted octanol–water partition coefficient (Wildman–Crippen LogP) is 1.19. The van der Waals surface area contributed by atoms with E-state index in [-0.39, 0.29) is 0 Å². The Morgan fingerprint density at radius 1 is 1.38 bits per heavy atom. The second kappa shape index (κ2) is 3.40. The van der Waals surface area contributed by atoms with Crippen LogP contribution in [0.3, 0.4) is 0 Å². The summed E-state index contributed by atoms with van der Waals surface area (Å²) in [7, 11) is -1.07. The summed E-state index contributed by atoms with van der Waals surface area (Å²) in [5.74, 6) is 0. The van der Waals surface area contributed by atoms with E-state index in [1.165, 1.54) is 0 Å². The Balaban J connectivity index is 2.39. The quantitative estimate of drug-likeness (QED) is 0.768. The van der Waals surface area contributed by atoms with E-state index in [0.29, 0.717) is 18.0 Å². The third-order valence-corrected chi connectivity index (χ3v) is 3.35. The molecule has 4 heteroatoms. The molecule has 0 aliphatic carbocycles. The van der Waals surface area contributed by atoms with Crippen LogP contribution in [0.1, 0.15) is 6.42 Å². The van der Waals surface area contributed by atoms with Crippen LogP contribution in [-0.4, -0.2) is 15.8 Å². The van der Waals surface area contributed by atoms with Gasteiger partial charge in [-0.05, 0) is 18.7 Å². The molecule has 2 N–H and O–H groups in total. The van der Waals surface area contributed by atoms with Crippen molar-refractivity contribution in [3.05, 3.63) is 24.3 Å². The Morgan fingerprint density at radius 2 is 2.15 bits per heavy atom. The molecule has 0 amide bonds. The molecule has 3 nitrogen and oxygen atoms in total. The van der Waals surface area contributed by atoms with Crippen molar-refractivity contribution in [3.8, 4) is 0 Å². The molecule has 2 rings (SSSR count). The van der Waals surface area contributed by atoms with Gasteiger partial charge in [0.05, 0.1) is 10.6 Å². The standard InChI is InChI=1S/C9H10N2OS/c10-6-5-9-11-7-3-1-2-4-8(7)13(9)12/h1-4H,5-6,10H2. The van der Waals surface area contributed by atoms with E-state index in [1.54, 1.807) is 0 Å². The molecule has 0 spiro atoms. The van der Waals surface area contributed by atoms with Gasteiger partial charge in [0.25, 0.3) is 0 Å². The molecule has 68 valence electrons. The van der Waals surface area contributed by atoms with E-state index >= 15 is 0 Å². The van der Waals surface area contributed by atoms with E-state index in [9.17, 15) is 4.21 Å². The highest BCUT2D eigenvalue weighted by Gasteiger charge is 2.21. The average Bonchev–Trinajstić information content (AvgIpc) is 2.46. The average molecular weight is 194 g/mol. The summed E-state index contributed by atoms with van der Waals surface area (Å²) < 4.78 is 11.7. The fourth-order valence-corrected chi connectivity index (χ4v) is 2.53. The fraction of sp³-hybridized carbons (Fsp3) is 0.222. The molecule has 1 aromatic rings. The molecule has 0 radical (unpaired) electrons. The molecule has 0 bridgehead atoms. The SMILES string of the molecule is NCCC1=Nc2ccccc2S1=O. The molecule has 0 saturated carbocycles. The fourth-order valence-electron chi connectivity index (χ4n) is 1.28. The molecule has 13 heavy (non-hydrogen) atoms. The maximum absolute atomic E-state index is 11.7. The van der Waals surface area contributed by atoms with Gasteiger partial charge in [0.1, 0.15) is 15.8 Å². The summed E-state index contributed by atoms with van der Waals surface area (Å²) in [4.78, 5) is 5.07. The number of aliphatic imine (C=N–C) groups is 1. The summed E-state index contributed by atoms with van der Waals surface area (Å²) in [5, 5.41) is 0.698. The molecular weight excluding hydrogens is 184 g/mol. The molecule has 1 unspecified atom stereocenters. The van der Waals surface area contributed by atoms with Gasteiger partial charge in [0, 0.05) is 6.42 Å². The van der Waals surface area contributed by atoms with Crippen LogP contribution in [0.15, 0.2) is 34.2 Å². The van der Waals surface area contributed by atoms with Crippen LogP contribution in [0.2, 0.25) is 0 Å². The molecule has 0 saturated heterocycles. The number of benzene rings is 1. The first-order valence-corrected chi connectivity index (χ1v) is 5.26. The second-order valence-electron chi connectivity index (χ2n) is 2.78. The van der Waals surface area contributed by atoms with Crippen molar-refractivity contribution in [1.82, 2.24) is 0 Å². The lowest BCUT2D eigenvalue weighted by atomic mass is 10.3. The van der Waals surface area contributed by atoms with E-state index in [2.05, 4.69) is 4.99 Å². The zero-order valence-corrected chi connectivity index (χ0v) is 7.88. The summed E-state index contributed by atoms with van der Waals surface area (Å²) in [6.07, 6.45) is 0.612. The summed E-state index contributed by atoms with van der Waals surface area (Å²) in [5.41, 5.74) is 6.21. The number of hydrogen-bond donors (Lipinski definition) is 1. The lowest BCUT2D eigenvalue weighted by Gasteiger charge is -1.95. The Morgan fingerprint density at radius 3 is 2.85 bits per heavy atom. The van der Waals surface area contributed by atoms with Gasteiger partial charge in [-0.25, -0.2) is 9.20 Å². The van der Waals surface area contributed by atoms with Crippen LogP contribution >= 0.6 is 0 Å². The molecule has 1 aliphatic rings. The lowest BCUT2D eigenvalue weighted by Crippen LogP contribution is -2.10. The summed E-state index contributed by atoms with van der Waals surface area (Å²) in [6, 6.07) is 7.48. The van der Waals surface area contributed by atoms with Crippen LogP contribution in [0, 0.1) is 0 Å². The van der Waals surface area contributed by atoms with E-state index in [1.807, 2.05) is 24.3 Å². The van der Waals surface area contributed by atoms with Crippen LogP contribution in [0.4, 0.5) is 5.69 Å². The molecule has 0 aromatic heterocycles. The van der Waals surface area contributed by atoms with Crippen LogP contribution < -0.4 is 5.73 Å². The zero-order valence-electron chi connectivity index (χ0n) is 7.06. The smallest absolute Gasteiger partial charge is 0.111 e. The van der Waals surface area contributed by atoms with E-state index in [4.69, 9.17) is 5.73 Å². The highest BCUT2D eigenvalue weighted by molar-refractivity contribution is 8.01. The molecule has 1 heterocycles. The first kappa shape index (κ1) is 8.59. The van der Waals surface area contributed by atoms with Gasteiger partial charge in [-0.3, -0.25) is 0 Å². The Kier molecular flexibility index (Phi) is 2.24. The highest BCUT2D eigenvalue weighted by Crippen LogP contribution is 2.30. The van der Waals surface area contributed by atoms with Crippen molar-refractivity contribution in [2.45, 2.75) is 11.3 Å². The monoisotopic (exact) mass is 194 g/mol. The Labute approximate surface area is 79.1 Å². The zero-order chi connectivity index (χ0) is 9.26. The van der Waals surface area contributed by atoms with Gasteiger partial charge >= 0.3 is 0 Å². The number of hydrogen-bond acceptors (Lipinski definition) is 3. The third kappa shape index (κ3) is 1.43. The van der Waals surface area contributed by atoms with Crippen molar-refractivity contribution < 1.29 is 4.21 Å². The summed E-state index contributed by atoms with van der Waals surface area (Å²) >= 11 is 0. The first-order chi connectivity index (χ1) is 6.33. The number of fused-ring (bicyclic) bond motifs is 1. The lowest BCUT2D eigenvalue weighted by molar-refractivity contribution is 0.690. The Bertz CT molecular complexity index is 387. The van der Waals surface area contributed by atoms with Crippen molar-refractivity contribution in [3.63, 3.8) is 0 Å². The van der Waals surface area contributed by atoms with Gasteiger partial charge in [-0.2, -0.15) is 0 Å². The molecule has 1 aliphatic heterocycles. The second-order valence-corrected chi connectivity index (χ2v) is 4.23. The normalized spacial score (nSPS) is 19.8. The number of rotatable bonds is 2. The number of nitrogens with zero attached hydrogens (tertiary/aromatic N) is 1. The molecule has 1 aromatic carbocycles. The van der Waals surface area contributed by atoms with Crippen molar-refractivity contribution in [1.29, 1.82) is 0 Å². The maximum Gasteiger partial charge on any atom is 0.111 e. The van der Waals surface area contributed by atoms with Crippen molar-refractivity contribution >= 4 is 21.5 Å². The largest absolute Gasteiger partial charge is 0.330 e. The minimum atomic E-state index is -1.07. The van der Waals surface area contributed by atoms with Gasteiger partial charge in [0.15, 0.2) is 0 Å². The number of nitrogens with two attached hydrogens (primary N) is 1. The predicted molar refractivity (Wildman–Crippen MR) is 53.6 cm³/mol. The minimum absolute atomic E-state index is 0.499. The number of para-hydroxylation sites is 1. The van der Waals surface area contributed by atoms with Crippen LogP contribution in [0.25, 0.3) is 0 Å². The Hall–Kier alpha value is -1.00. The molecule has 0 fully saturated rings. The van der Waals surface area contributed by atoms with Crippen LogP contribution in [0.5, 0.6) is 0 Å². The minimum Gasteiger partial charge on any atom is -0.330 e. The van der Waals surface area contributed by atoms with Gasteiger partial charge < -0.3 is 5.73 Å². The highest BCUT2D eigenvalue weighted by atomic mass is 32.2. The van der Waals surface area contributed by atoms with E-state index in [0.717, 1.165) is 10.6 Å². The van der Waals surface area contributed by atoms with Crippen molar-refractivity contribution in [2.24, 2.45) is 10.7 Å². The van der Waals surface area contributed by atoms with Gasteiger partial charge in [-0.1, -0.05) is 12.1 Å². The first-order valence-electron chi connectivity index (χ1n) is 4.11. The van der Waals surface area contributed by atoms with Gasteiger partial charge in [-0.15, -0.1) is 0 Å². The summed E-state index contributed by atoms with van der Waals surface area (Å²) in [6.45, 7) is 0.499. The topological polar surface area (TPSA) is 55.4 Å².